The number of Topliss-reactive ketones (excluding diaryl/α,β-unsaturated/α-hetero) is 1. The SMILES string of the molecule is CCNC(CC(F)N1CCC2(CC1)C(=O)NCN2c1ccccc1)C(=O)c1ccccc1. The minimum atomic E-state index is -1.25. The highest BCUT2D eigenvalue weighted by Gasteiger charge is 2.51. The van der Waals surface area contributed by atoms with Crippen LogP contribution >= 0.6 is 0 Å². The van der Waals surface area contributed by atoms with E-state index in [9.17, 15) is 9.59 Å². The number of ketones is 1. The molecule has 2 saturated heterocycles. The minimum absolute atomic E-state index is 0.0150. The van der Waals surface area contributed by atoms with Crippen LogP contribution in [-0.2, 0) is 4.79 Å². The van der Waals surface area contributed by atoms with Crippen molar-refractivity contribution in [2.75, 3.05) is 31.2 Å². The predicted octanol–water partition coefficient (Wildman–Crippen LogP) is 2.96. The molecule has 2 atom stereocenters. The summed E-state index contributed by atoms with van der Waals surface area (Å²) >= 11 is 0. The monoisotopic (exact) mass is 438 g/mol. The largest absolute Gasteiger partial charge is 0.339 e. The van der Waals surface area contributed by atoms with E-state index < -0.39 is 17.9 Å². The summed E-state index contributed by atoms with van der Waals surface area (Å²) in [4.78, 5) is 29.6. The van der Waals surface area contributed by atoms with Crippen molar-refractivity contribution in [3.63, 3.8) is 0 Å². The number of nitrogens with zero attached hydrogens (tertiary/aromatic N) is 2. The second-order valence-corrected chi connectivity index (χ2v) is 8.51. The Morgan fingerprint density at radius 1 is 1.09 bits per heavy atom. The summed E-state index contributed by atoms with van der Waals surface area (Å²) in [6.45, 7) is 3.91. The number of para-hydroxylation sites is 1. The van der Waals surface area contributed by atoms with Crippen LogP contribution in [0.15, 0.2) is 60.7 Å². The fourth-order valence-corrected chi connectivity index (χ4v) is 4.88. The number of amides is 1. The molecule has 0 saturated carbocycles. The maximum atomic E-state index is 15.4. The topological polar surface area (TPSA) is 64.7 Å². The maximum absolute atomic E-state index is 15.4. The van der Waals surface area contributed by atoms with E-state index in [0.717, 1.165) is 5.69 Å². The van der Waals surface area contributed by atoms with Gasteiger partial charge in [-0.25, -0.2) is 4.39 Å². The number of halogens is 1. The molecule has 2 aliphatic rings. The highest BCUT2D eigenvalue weighted by atomic mass is 19.1. The highest BCUT2D eigenvalue weighted by Crippen LogP contribution is 2.37. The van der Waals surface area contributed by atoms with E-state index in [1.54, 1.807) is 17.0 Å². The summed E-state index contributed by atoms with van der Waals surface area (Å²) in [6.07, 6.45) is -0.0682. The Bertz CT molecular complexity index is 916. The van der Waals surface area contributed by atoms with Crippen molar-refractivity contribution in [3.05, 3.63) is 66.2 Å². The van der Waals surface area contributed by atoms with E-state index in [-0.39, 0.29) is 18.1 Å². The van der Waals surface area contributed by atoms with Gasteiger partial charge in [0, 0.05) is 30.8 Å². The summed E-state index contributed by atoms with van der Waals surface area (Å²) < 4.78 is 15.4. The second-order valence-electron chi connectivity index (χ2n) is 8.51. The number of piperidine rings is 1. The Hall–Kier alpha value is -2.77. The Morgan fingerprint density at radius 2 is 1.72 bits per heavy atom. The smallest absolute Gasteiger partial charge is 0.247 e. The van der Waals surface area contributed by atoms with Crippen molar-refractivity contribution in [3.8, 4) is 0 Å². The fraction of sp³-hybridized carbons (Fsp3) is 0.440. The number of hydrogen-bond acceptors (Lipinski definition) is 5. The van der Waals surface area contributed by atoms with Gasteiger partial charge in [0.15, 0.2) is 12.1 Å². The minimum Gasteiger partial charge on any atom is -0.339 e. The van der Waals surface area contributed by atoms with Gasteiger partial charge in [-0.3, -0.25) is 14.5 Å². The van der Waals surface area contributed by atoms with Crippen LogP contribution in [-0.4, -0.2) is 60.8 Å². The van der Waals surface area contributed by atoms with Crippen LogP contribution in [0, 0.1) is 0 Å². The molecule has 4 rings (SSSR count). The number of likely N-dealkylation sites (N-methyl/N-ethyl adjacent to an activating group) is 1. The lowest BCUT2D eigenvalue weighted by atomic mass is 9.85. The molecule has 0 aromatic heterocycles. The van der Waals surface area contributed by atoms with Crippen LogP contribution in [0.25, 0.3) is 0 Å². The first-order valence-corrected chi connectivity index (χ1v) is 11.4. The van der Waals surface area contributed by atoms with Crippen LogP contribution in [0.1, 0.15) is 36.5 Å². The van der Waals surface area contributed by atoms with Crippen LogP contribution in [0.2, 0.25) is 0 Å². The molecule has 32 heavy (non-hydrogen) atoms. The molecule has 2 N–H and O–H groups in total. The van der Waals surface area contributed by atoms with E-state index >= 15 is 4.39 Å². The number of carbonyl (C=O) groups excluding carboxylic acids is 2. The van der Waals surface area contributed by atoms with E-state index in [4.69, 9.17) is 0 Å². The standard InChI is InChI=1S/C25H31FN4O2/c1-2-27-21(23(31)19-9-5-3-6-10-19)17-22(26)29-15-13-25(14-16-29)24(32)28-18-30(25)20-11-7-4-8-12-20/h3-12,21-22,27H,2,13-18H2,1H3,(H,28,32). The first-order chi connectivity index (χ1) is 15.5. The summed E-state index contributed by atoms with van der Waals surface area (Å²) in [5.41, 5.74) is 0.944. The fourth-order valence-electron chi connectivity index (χ4n) is 4.88. The van der Waals surface area contributed by atoms with Gasteiger partial charge < -0.3 is 15.5 Å². The van der Waals surface area contributed by atoms with Gasteiger partial charge in [-0.05, 0) is 31.5 Å². The number of nitrogens with one attached hydrogen (secondary N) is 2. The number of benzene rings is 2. The number of anilines is 1. The lowest BCUT2D eigenvalue weighted by Gasteiger charge is -2.44. The van der Waals surface area contributed by atoms with Crippen molar-refractivity contribution in [1.82, 2.24) is 15.5 Å². The van der Waals surface area contributed by atoms with E-state index in [0.29, 0.717) is 44.7 Å². The van der Waals surface area contributed by atoms with Crippen LogP contribution in [0.5, 0.6) is 0 Å². The maximum Gasteiger partial charge on any atom is 0.247 e. The quantitative estimate of drug-likeness (QED) is 0.490. The first kappa shape index (κ1) is 22.4. The van der Waals surface area contributed by atoms with Gasteiger partial charge >= 0.3 is 0 Å². The van der Waals surface area contributed by atoms with Gasteiger partial charge in [-0.1, -0.05) is 55.5 Å². The Morgan fingerprint density at radius 3 is 2.34 bits per heavy atom. The van der Waals surface area contributed by atoms with Crippen molar-refractivity contribution < 1.29 is 14.0 Å². The van der Waals surface area contributed by atoms with Crippen LogP contribution in [0.4, 0.5) is 10.1 Å². The van der Waals surface area contributed by atoms with Crippen molar-refractivity contribution in [1.29, 1.82) is 0 Å². The number of alkyl halides is 1. The summed E-state index contributed by atoms with van der Waals surface area (Å²) in [7, 11) is 0. The van der Waals surface area contributed by atoms with Crippen LogP contribution in [0.3, 0.4) is 0 Å². The van der Waals surface area contributed by atoms with Gasteiger partial charge in [0.25, 0.3) is 0 Å². The number of rotatable bonds is 8. The molecule has 2 unspecified atom stereocenters. The molecule has 2 aromatic carbocycles. The van der Waals surface area contributed by atoms with Gasteiger partial charge in [0.1, 0.15) is 5.54 Å². The highest BCUT2D eigenvalue weighted by molar-refractivity contribution is 6.00. The number of likely N-dealkylation sites (tertiary alicyclic amines) is 1. The molecule has 7 heteroatoms. The van der Waals surface area contributed by atoms with E-state index in [1.165, 1.54) is 0 Å². The molecule has 2 fully saturated rings. The molecule has 6 nitrogen and oxygen atoms in total. The van der Waals surface area contributed by atoms with Gasteiger partial charge in [-0.2, -0.15) is 0 Å². The molecule has 2 heterocycles. The third-order valence-electron chi connectivity index (χ3n) is 6.68. The van der Waals surface area contributed by atoms with Crippen molar-refractivity contribution in [2.45, 2.75) is 44.1 Å². The Labute approximate surface area is 188 Å². The molecule has 0 bridgehead atoms. The number of carbonyl (C=O) groups is 2. The third-order valence-corrected chi connectivity index (χ3v) is 6.68. The normalized spacial score (nSPS) is 20.2. The van der Waals surface area contributed by atoms with Crippen LogP contribution < -0.4 is 15.5 Å². The van der Waals surface area contributed by atoms with Crippen molar-refractivity contribution >= 4 is 17.4 Å². The summed E-state index contributed by atoms with van der Waals surface area (Å²) in [5, 5.41) is 6.12. The molecule has 0 aliphatic carbocycles. The third kappa shape index (κ3) is 4.40. The molecular formula is C25H31FN4O2. The zero-order valence-electron chi connectivity index (χ0n) is 18.5. The molecule has 1 amide bonds. The molecule has 170 valence electrons. The molecule has 2 aliphatic heterocycles. The van der Waals surface area contributed by atoms with Crippen molar-refractivity contribution in [2.24, 2.45) is 0 Å². The van der Waals surface area contributed by atoms with Gasteiger partial charge in [0.2, 0.25) is 5.91 Å². The molecule has 1 spiro atoms. The predicted molar refractivity (Wildman–Crippen MR) is 123 cm³/mol. The lowest BCUT2D eigenvalue weighted by molar-refractivity contribution is -0.125. The molecule has 0 radical (unpaired) electrons. The average molecular weight is 439 g/mol. The summed E-state index contributed by atoms with van der Waals surface area (Å²) in [6, 6.07) is 18.3. The second kappa shape index (κ2) is 9.79. The Kier molecular flexibility index (Phi) is 6.86. The zero-order valence-corrected chi connectivity index (χ0v) is 18.5. The average Bonchev–Trinajstić information content (AvgIpc) is 3.15. The zero-order chi connectivity index (χ0) is 22.6. The van der Waals surface area contributed by atoms with E-state index in [2.05, 4.69) is 15.5 Å². The number of hydrogen-bond donors (Lipinski definition) is 2. The lowest BCUT2D eigenvalue weighted by Crippen LogP contribution is -2.58. The van der Waals surface area contributed by atoms with Gasteiger partial charge in [-0.15, -0.1) is 0 Å². The Balaban J connectivity index is 1.41. The summed E-state index contributed by atoms with van der Waals surface area (Å²) in [5.74, 6) is -0.0739. The molecule has 2 aromatic rings. The molecular weight excluding hydrogens is 407 g/mol. The first-order valence-electron chi connectivity index (χ1n) is 11.4. The van der Waals surface area contributed by atoms with E-state index in [1.807, 2.05) is 55.5 Å². The van der Waals surface area contributed by atoms with Gasteiger partial charge in [0.05, 0.1) is 12.7 Å².